The zero-order valence-corrected chi connectivity index (χ0v) is 16.0. The summed E-state index contributed by atoms with van der Waals surface area (Å²) < 4.78 is 5.10. The van der Waals surface area contributed by atoms with E-state index in [1.54, 1.807) is 19.3 Å². The Hall–Kier alpha value is -2.95. The van der Waals surface area contributed by atoms with E-state index in [1.165, 1.54) is 0 Å². The van der Waals surface area contributed by atoms with Crippen molar-refractivity contribution in [2.45, 2.75) is 27.2 Å². The van der Waals surface area contributed by atoms with Crippen LogP contribution in [0.2, 0.25) is 0 Å². The molecule has 0 radical (unpaired) electrons. The molecule has 140 valence electrons. The van der Waals surface area contributed by atoms with Gasteiger partial charge in [-0.3, -0.25) is 0 Å². The SMILES string of the molecule is CCOC(=O)c1cccc(-c2ccc3ncnc(NCCC(C)C)c3c2)c1. The molecule has 0 unspecified atom stereocenters. The van der Waals surface area contributed by atoms with Gasteiger partial charge in [-0.25, -0.2) is 14.8 Å². The highest BCUT2D eigenvalue weighted by Crippen LogP contribution is 2.27. The molecule has 2 aromatic carbocycles. The van der Waals surface area contributed by atoms with Crippen molar-refractivity contribution in [2.24, 2.45) is 5.92 Å². The summed E-state index contributed by atoms with van der Waals surface area (Å²) in [6.45, 7) is 7.44. The molecule has 1 N–H and O–H groups in total. The quantitative estimate of drug-likeness (QED) is 0.603. The third-order valence-corrected chi connectivity index (χ3v) is 4.36. The monoisotopic (exact) mass is 363 g/mol. The van der Waals surface area contributed by atoms with Crippen molar-refractivity contribution in [1.29, 1.82) is 0 Å². The van der Waals surface area contributed by atoms with Gasteiger partial charge in [0.1, 0.15) is 12.1 Å². The van der Waals surface area contributed by atoms with Crippen LogP contribution in [-0.4, -0.2) is 29.1 Å². The molecular weight excluding hydrogens is 338 g/mol. The van der Waals surface area contributed by atoms with Gasteiger partial charge in [0.2, 0.25) is 0 Å². The maximum absolute atomic E-state index is 12.0. The highest BCUT2D eigenvalue weighted by molar-refractivity contribution is 5.94. The summed E-state index contributed by atoms with van der Waals surface area (Å²) in [5.74, 6) is 1.16. The van der Waals surface area contributed by atoms with Crippen molar-refractivity contribution >= 4 is 22.7 Å². The first-order valence-corrected chi connectivity index (χ1v) is 9.34. The Labute approximate surface area is 159 Å². The smallest absolute Gasteiger partial charge is 0.338 e. The molecular formula is C22H25N3O2. The standard InChI is InChI=1S/C22H25N3O2/c1-4-27-22(26)18-7-5-6-16(12-18)17-8-9-20-19(13-17)21(25-14-24-20)23-11-10-15(2)3/h5-9,12-15H,4,10-11H2,1-3H3,(H,23,24,25). The van der Waals surface area contributed by atoms with Gasteiger partial charge in [-0.05, 0) is 54.7 Å². The van der Waals surface area contributed by atoms with Crippen LogP contribution >= 0.6 is 0 Å². The Kier molecular flexibility index (Phi) is 6.01. The average molecular weight is 363 g/mol. The lowest BCUT2D eigenvalue weighted by Gasteiger charge is -2.11. The maximum Gasteiger partial charge on any atom is 0.338 e. The van der Waals surface area contributed by atoms with E-state index >= 15 is 0 Å². The number of anilines is 1. The fraction of sp³-hybridized carbons (Fsp3) is 0.318. The van der Waals surface area contributed by atoms with Gasteiger partial charge in [0.15, 0.2) is 0 Å². The molecule has 0 fully saturated rings. The molecule has 0 aliphatic rings. The molecule has 0 aliphatic heterocycles. The number of ether oxygens (including phenoxy) is 1. The van der Waals surface area contributed by atoms with Gasteiger partial charge in [-0.15, -0.1) is 0 Å². The maximum atomic E-state index is 12.0. The molecule has 0 saturated heterocycles. The Morgan fingerprint density at radius 3 is 2.70 bits per heavy atom. The van der Waals surface area contributed by atoms with Crippen LogP contribution in [0, 0.1) is 5.92 Å². The normalized spacial score (nSPS) is 11.0. The van der Waals surface area contributed by atoms with Crippen LogP contribution in [0.4, 0.5) is 5.82 Å². The number of esters is 1. The van der Waals surface area contributed by atoms with Gasteiger partial charge in [-0.2, -0.15) is 0 Å². The lowest BCUT2D eigenvalue weighted by atomic mass is 10.0. The van der Waals surface area contributed by atoms with Crippen molar-refractivity contribution in [3.63, 3.8) is 0 Å². The second kappa shape index (κ2) is 8.62. The fourth-order valence-corrected chi connectivity index (χ4v) is 2.90. The van der Waals surface area contributed by atoms with E-state index < -0.39 is 0 Å². The van der Waals surface area contributed by atoms with E-state index in [4.69, 9.17) is 4.74 Å². The van der Waals surface area contributed by atoms with Crippen LogP contribution in [0.3, 0.4) is 0 Å². The first-order chi connectivity index (χ1) is 13.1. The Morgan fingerprint density at radius 1 is 1.11 bits per heavy atom. The van der Waals surface area contributed by atoms with Crippen LogP contribution in [0.25, 0.3) is 22.0 Å². The predicted molar refractivity (Wildman–Crippen MR) is 109 cm³/mol. The Bertz CT molecular complexity index is 938. The van der Waals surface area contributed by atoms with Gasteiger partial charge in [0.25, 0.3) is 0 Å². The molecule has 0 saturated carbocycles. The molecule has 0 amide bonds. The third-order valence-electron chi connectivity index (χ3n) is 4.36. The summed E-state index contributed by atoms with van der Waals surface area (Å²) in [7, 11) is 0. The number of rotatable bonds is 7. The number of benzene rings is 2. The van der Waals surface area contributed by atoms with Gasteiger partial charge in [0, 0.05) is 11.9 Å². The topological polar surface area (TPSA) is 64.1 Å². The molecule has 27 heavy (non-hydrogen) atoms. The number of nitrogens with zero attached hydrogens (tertiary/aromatic N) is 2. The van der Waals surface area contributed by atoms with Crippen molar-refractivity contribution in [3.8, 4) is 11.1 Å². The van der Waals surface area contributed by atoms with Crippen LogP contribution in [-0.2, 0) is 4.74 Å². The average Bonchev–Trinajstić information content (AvgIpc) is 2.68. The Morgan fingerprint density at radius 2 is 1.93 bits per heavy atom. The molecule has 5 nitrogen and oxygen atoms in total. The van der Waals surface area contributed by atoms with Crippen molar-refractivity contribution in [1.82, 2.24) is 9.97 Å². The lowest BCUT2D eigenvalue weighted by Crippen LogP contribution is -2.07. The fourth-order valence-electron chi connectivity index (χ4n) is 2.90. The van der Waals surface area contributed by atoms with E-state index in [0.29, 0.717) is 18.1 Å². The van der Waals surface area contributed by atoms with Gasteiger partial charge in [-0.1, -0.05) is 32.0 Å². The number of hydrogen-bond donors (Lipinski definition) is 1. The van der Waals surface area contributed by atoms with Crippen LogP contribution in [0.5, 0.6) is 0 Å². The summed E-state index contributed by atoms with van der Waals surface area (Å²) in [6, 6.07) is 13.5. The summed E-state index contributed by atoms with van der Waals surface area (Å²) in [6.07, 6.45) is 2.66. The molecule has 0 atom stereocenters. The largest absolute Gasteiger partial charge is 0.462 e. The molecule has 1 aromatic heterocycles. The first-order valence-electron chi connectivity index (χ1n) is 9.34. The predicted octanol–water partition coefficient (Wildman–Crippen LogP) is 4.93. The number of carbonyl (C=O) groups is 1. The minimum atomic E-state index is -0.306. The highest BCUT2D eigenvalue weighted by Gasteiger charge is 2.10. The molecule has 0 spiro atoms. The number of carbonyl (C=O) groups excluding carboxylic acids is 1. The zero-order chi connectivity index (χ0) is 19.2. The minimum absolute atomic E-state index is 0.306. The van der Waals surface area contributed by atoms with Crippen LogP contribution in [0.1, 0.15) is 37.6 Å². The second-order valence-electron chi connectivity index (χ2n) is 6.86. The van der Waals surface area contributed by atoms with Crippen LogP contribution in [0.15, 0.2) is 48.8 Å². The highest BCUT2D eigenvalue weighted by atomic mass is 16.5. The first kappa shape index (κ1) is 18.8. The van der Waals surface area contributed by atoms with E-state index in [1.807, 2.05) is 30.3 Å². The second-order valence-corrected chi connectivity index (χ2v) is 6.86. The molecule has 0 aliphatic carbocycles. The molecule has 3 aromatic rings. The third kappa shape index (κ3) is 4.61. The van der Waals surface area contributed by atoms with Crippen molar-refractivity contribution < 1.29 is 9.53 Å². The Balaban J connectivity index is 1.94. The summed E-state index contributed by atoms with van der Waals surface area (Å²) in [5, 5.41) is 4.39. The molecule has 3 rings (SSSR count). The van der Waals surface area contributed by atoms with E-state index in [-0.39, 0.29) is 5.97 Å². The summed E-state index contributed by atoms with van der Waals surface area (Å²) in [4.78, 5) is 20.8. The van der Waals surface area contributed by atoms with E-state index in [2.05, 4.69) is 35.2 Å². The van der Waals surface area contributed by atoms with Gasteiger partial charge < -0.3 is 10.1 Å². The summed E-state index contributed by atoms with van der Waals surface area (Å²) >= 11 is 0. The van der Waals surface area contributed by atoms with Crippen LogP contribution < -0.4 is 5.32 Å². The van der Waals surface area contributed by atoms with E-state index in [0.717, 1.165) is 40.8 Å². The minimum Gasteiger partial charge on any atom is -0.462 e. The molecule has 0 bridgehead atoms. The zero-order valence-electron chi connectivity index (χ0n) is 16.0. The number of nitrogens with one attached hydrogen (secondary N) is 1. The number of fused-ring (bicyclic) bond motifs is 1. The molecule has 5 heteroatoms. The lowest BCUT2D eigenvalue weighted by molar-refractivity contribution is 0.0526. The summed E-state index contributed by atoms with van der Waals surface area (Å²) in [5.41, 5.74) is 3.41. The number of aromatic nitrogens is 2. The van der Waals surface area contributed by atoms with E-state index in [9.17, 15) is 4.79 Å². The number of hydrogen-bond acceptors (Lipinski definition) is 5. The van der Waals surface area contributed by atoms with Crippen molar-refractivity contribution in [3.05, 3.63) is 54.4 Å². The van der Waals surface area contributed by atoms with Gasteiger partial charge in [0.05, 0.1) is 17.7 Å². The van der Waals surface area contributed by atoms with Gasteiger partial charge >= 0.3 is 5.97 Å². The molecule has 1 heterocycles. The van der Waals surface area contributed by atoms with Crippen molar-refractivity contribution in [2.75, 3.05) is 18.5 Å².